The molecule has 0 radical (unpaired) electrons. The van der Waals surface area contributed by atoms with Crippen LogP contribution < -0.4 is 5.32 Å². The molecule has 26 heavy (non-hydrogen) atoms. The monoisotopic (exact) mass is 391 g/mol. The Kier molecular flexibility index (Phi) is 17.3. The van der Waals surface area contributed by atoms with Gasteiger partial charge in [0.15, 0.2) is 0 Å². The summed E-state index contributed by atoms with van der Waals surface area (Å²) >= 11 is 0. The van der Waals surface area contributed by atoms with Gasteiger partial charge in [0.05, 0.1) is 6.61 Å². The molecule has 0 unspecified atom stereocenters. The van der Waals surface area contributed by atoms with Crippen molar-refractivity contribution in [1.29, 1.82) is 0 Å². The zero-order valence-corrected chi connectivity index (χ0v) is 17.2. The number of hydrogen-bond acceptors (Lipinski definition) is 3. The Morgan fingerprint density at radius 1 is 0.923 bits per heavy atom. The molecule has 154 valence electrons. The van der Waals surface area contributed by atoms with Crippen molar-refractivity contribution < 1.29 is 23.7 Å². The molecule has 0 saturated heterocycles. The number of amides is 1. The highest BCUT2D eigenvalue weighted by atomic mass is 31.2. The Morgan fingerprint density at radius 2 is 1.46 bits per heavy atom. The standard InChI is InChI=1S/C19H38NO5P/c1-2-3-4-5-6-7-8-9-10-11-12-13-14-15-16-19(21)20-17-18-25-26(22,23)24/h9-10H,2-8,11-18H2,1H3,(H,20,21)(H2,22,23,24)/b10-9-. The summed E-state index contributed by atoms with van der Waals surface area (Å²) < 4.78 is 14.7. The summed E-state index contributed by atoms with van der Waals surface area (Å²) in [5, 5.41) is 2.58. The number of nitrogens with one attached hydrogen (secondary N) is 1. The molecule has 0 aliphatic rings. The van der Waals surface area contributed by atoms with Crippen LogP contribution in [0, 0.1) is 0 Å². The fourth-order valence-electron chi connectivity index (χ4n) is 2.62. The molecule has 0 bridgehead atoms. The Hall–Kier alpha value is -0.680. The van der Waals surface area contributed by atoms with E-state index in [0.29, 0.717) is 6.42 Å². The van der Waals surface area contributed by atoms with Crippen molar-refractivity contribution in [3.05, 3.63) is 12.2 Å². The zero-order valence-electron chi connectivity index (χ0n) is 16.3. The van der Waals surface area contributed by atoms with E-state index < -0.39 is 7.82 Å². The molecule has 0 spiro atoms. The molecule has 0 saturated carbocycles. The van der Waals surface area contributed by atoms with E-state index in [2.05, 4.69) is 28.9 Å². The van der Waals surface area contributed by atoms with E-state index in [-0.39, 0.29) is 19.1 Å². The van der Waals surface area contributed by atoms with Gasteiger partial charge in [-0.3, -0.25) is 9.32 Å². The van der Waals surface area contributed by atoms with E-state index in [4.69, 9.17) is 9.79 Å². The largest absolute Gasteiger partial charge is 0.469 e. The number of hydrogen-bond donors (Lipinski definition) is 3. The van der Waals surface area contributed by atoms with Crippen molar-refractivity contribution in [1.82, 2.24) is 5.32 Å². The normalized spacial score (nSPS) is 12.0. The topological polar surface area (TPSA) is 95.9 Å². The van der Waals surface area contributed by atoms with Gasteiger partial charge >= 0.3 is 7.82 Å². The molecule has 0 aliphatic carbocycles. The minimum absolute atomic E-state index is 0.0989. The Bertz CT molecular complexity index is 409. The maximum absolute atomic E-state index is 11.5. The lowest BCUT2D eigenvalue weighted by atomic mass is 10.1. The van der Waals surface area contributed by atoms with Crippen molar-refractivity contribution in [2.75, 3.05) is 13.2 Å². The van der Waals surface area contributed by atoms with E-state index >= 15 is 0 Å². The summed E-state index contributed by atoms with van der Waals surface area (Å²) in [6.07, 6.45) is 19.5. The number of carbonyl (C=O) groups excluding carboxylic acids is 1. The van der Waals surface area contributed by atoms with Crippen LogP contribution in [0.1, 0.15) is 90.4 Å². The first-order valence-corrected chi connectivity index (χ1v) is 11.6. The van der Waals surface area contributed by atoms with Crippen LogP contribution in [0.4, 0.5) is 0 Å². The second-order valence-electron chi connectivity index (χ2n) is 6.65. The smallest absolute Gasteiger partial charge is 0.354 e. The average Bonchev–Trinajstić information content (AvgIpc) is 2.58. The molecule has 6 nitrogen and oxygen atoms in total. The summed E-state index contributed by atoms with van der Waals surface area (Å²) in [4.78, 5) is 28.5. The van der Waals surface area contributed by atoms with Crippen LogP contribution >= 0.6 is 7.82 Å². The highest BCUT2D eigenvalue weighted by molar-refractivity contribution is 7.46. The van der Waals surface area contributed by atoms with Crippen LogP contribution in [0.15, 0.2) is 12.2 Å². The van der Waals surface area contributed by atoms with Gasteiger partial charge in [-0.05, 0) is 32.1 Å². The Labute approximate surface area is 159 Å². The van der Waals surface area contributed by atoms with Crippen LogP contribution in [0.25, 0.3) is 0 Å². The quantitative estimate of drug-likeness (QED) is 0.176. The zero-order chi connectivity index (χ0) is 19.5. The van der Waals surface area contributed by atoms with E-state index in [1.165, 1.54) is 44.9 Å². The molecule has 0 aromatic heterocycles. The highest BCUT2D eigenvalue weighted by Gasteiger charge is 2.12. The average molecular weight is 391 g/mol. The summed E-state index contributed by atoms with van der Waals surface area (Å²) in [7, 11) is -4.43. The van der Waals surface area contributed by atoms with Crippen LogP contribution in [-0.4, -0.2) is 28.8 Å². The first-order chi connectivity index (χ1) is 12.5. The lowest BCUT2D eigenvalue weighted by Crippen LogP contribution is -2.26. The third-order valence-electron chi connectivity index (χ3n) is 4.10. The second-order valence-corrected chi connectivity index (χ2v) is 7.89. The summed E-state index contributed by atoms with van der Waals surface area (Å²) in [5.41, 5.74) is 0. The number of allylic oxidation sites excluding steroid dienone is 2. The molecular weight excluding hydrogens is 353 g/mol. The number of carbonyl (C=O) groups is 1. The molecular formula is C19H38NO5P. The second kappa shape index (κ2) is 17.7. The van der Waals surface area contributed by atoms with Crippen LogP contribution in [-0.2, 0) is 13.9 Å². The maximum atomic E-state index is 11.5. The van der Waals surface area contributed by atoms with Crippen molar-refractivity contribution in [2.24, 2.45) is 0 Å². The van der Waals surface area contributed by atoms with Crippen molar-refractivity contribution >= 4 is 13.7 Å². The fraction of sp³-hybridized carbons (Fsp3) is 0.842. The van der Waals surface area contributed by atoms with E-state index in [9.17, 15) is 9.36 Å². The van der Waals surface area contributed by atoms with Crippen LogP contribution in [0.5, 0.6) is 0 Å². The first-order valence-electron chi connectivity index (χ1n) is 10.1. The maximum Gasteiger partial charge on any atom is 0.469 e. The third-order valence-corrected chi connectivity index (χ3v) is 4.62. The molecule has 0 aliphatic heterocycles. The SMILES string of the molecule is CCCCCCCC/C=C\CCCCCCC(=O)NCCOP(=O)(O)O. The Balaban J connectivity index is 3.28. The summed E-state index contributed by atoms with van der Waals surface area (Å²) in [5.74, 6) is -0.0989. The molecule has 0 aromatic carbocycles. The molecule has 0 heterocycles. The van der Waals surface area contributed by atoms with Gasteiger partial charge in [0.1, 0.15) is 0 Å². The molecule has 0 aromatic rings. The molecule has 0 atom stereocenters. The predicted molar refractivity (Wildman–Crippen MR) is 106 cm³/mol. The highest BCUT2D eigenvalue weighted by Crippen LogP contribution is 2.35. The van der Waals surface area contributed by atoms with Gasteiger partial charge in [0.2, 0.25) is 5.91 Å². The molecule has 7 heteroatoms. The van der Waals surface area contributed by atoms with Gasteiger partial charge in [-0.25, -0.2) is 4.57 Å². The number of unbranched alkanes of at least 4 members (excludes halogenated alkanes) is 10. The van der Waals surface area contributed by atoms with Crippen molar-refractivity contribution in [3.63, 3.8) is 0 Å². The van der Waals surface area contributed by atoms with Gasteiger partial charge < -0.3 is 15.1 Å². The number of phosphoric ester groups is 1. The van der Waals surface area contributed by atoms with E-state index in [0.717, 1.165) is 32.1 Å². The summed E-state index contributed by atoms with van der Waals surface area (Å²) in [6.45, 7) is 2.18. The molecule has 0 fully saturated rings. The number of phosphoric acid groups is 1. The lowest BCUT2D eigenvalue weighted by molar-refractivity contribution is -0.121. The van der Waals surface area contributed by atoms with Gasteiger partial charge in [-0.2, -0.15) is 0 Å². The van der Waals surface area contributed by atoms with Crippen molar-refractivity contribution in [2.45, 2.75) is 90.4 Å². The Morgan fingerprint density at radius 3 is 2.04 bits per heavy atom. The van der Waals surface area contributed by atoms with E-state index in [1.807, 2.05) is 0 Å². The third kappa shape index (κ3) is 21.4. The molecule has 1 amide bonds. The summed E-state index contributed by atoms with van der Waals surface area (Å²) in [6, 6.07) is 0. The van der Waals surface area contributed by atoms with Gasteiger partial charge in [0, 0.05) is 13.0 Å². The van der Waals surface area contributed by atoms with Crippen molar-refractivity contribution in [3.8, 4) is 0 Å². The number of rotatable bonds is 18. The lowest BCUT2D eigenvalue weighted by Gasteiger charge is -2.06. The van der Waals surface area contributed by atoms with Gasteiger partial charge in [0.25, 0.3) is 0 Å². The minimum Gasteiger partial charge on any atom is -0.354 e. The molecule has 3 N–H and O–H groups in total. The first kappa shape index (κ1) is 25.3. The van der Waals surface area contributed by atoms with Crippen LogP contribution in [0.3, 0.4) is 0 Å². The predicted octanol–water partition coefficient (Wildman–Crippen LogP) is 4.86. The van der Waals surface area contributed by atoms with Crippen LogP contribution in [0.2, 0.25) is 0 Å². The van der Waals surface area contributed by atoms with Gasteiger partial charge in [-0.1, -0.05) is 64.0 Å². The minimum atomic E-state index is -4.43. The van der Waals surface area contributed by atoms with E-state index in [1.54, 1.807) is 0 Å². The van der Waals surface area contributed by atoms with Gasteiger partial charge in [-0.15, -0.1) is 0 Å². The molecule has 0 rings (SSSR count). The fourth-order valence-corrected chi connectivity index (χ4v) is 2.95.